The number of ether oxygens (including phenoxy) is 1. The van der Waals surface area contributed by atoms with Gasteiger partial charge in [0.2, 0.25) is 0 Å². The molecule has 1 N–H and O–H groups in total. The van der Waals surface area contributed by atoms with Crippen LogP contribution in [-0.2, 0) is 9.53 Å². The number of amides is 1. The number of anilines is 1. The van der Waals surface area contributed by atoms with Crippen LogP contribution in [0.3, 0.4) is 0 Å². The molecular formula is C15H13N3O6. The number of nitrogens with zero attached hydrogens (tertiary/aromatic N) is 2. The molecule has 2 aromatic rings. The van der Waals surface area contributed by atoms with Gasteiger partial charge in [-0.25, -0.2) is 4.79 Å². The third-order valence-electron chi connectivity index (χ3n) is 3.05. The van der Waals surface area contributed by atoms with Crippen molar-refractivity contribution in [2.75, 3.05) is 5.32 Å². The van der Waals surface area contributed by atoms with E-state index in [1.165, 1.54) is 43.3 Å². The van der Waals surface area contributed by atoms with E-state index in [0.29, 0.717) is 4.73 Å². The van der Waals surface area contributed by atoms with Crippen LogP contribution in [-0.4, -0.2) is 22.9 Å². The molecule has 1 amide bonds. The van der Waals surface area contributed by atoms with E-state index in [1.54, 1.807) is 0 Å². The first kappa shape index (κ1) is 16.9. The first-order valence-electron chi connectivity index (χ1n) is 6.82. The Balaban J connectivity index is 2.04. The number of esters is 1. The molecule has 1 atom stereocenters. The van der Waals surface area contributed by atoms with Crippen LogP contribution in [0.15, 0.2) is 48.8 Å². The van der Waals surface area contributed by atoms with Crippen LogP contribution < -0.4 is 10.0 Å². The second kappa shape index (κ2) is 7.18. The second-order valence-corrected chi connectivity index (χ2v) is 4.76. The molecule has 9 heteroatoms. The summed E-state index contributed by atoms with van der Waals surface area (Å²) in [6, 6.07) is 8.11. The predicted octanol–water partition coefficient (Wildman–Crippen LogP) is 1.41. The summed E-state index contributed by atoms with van der Waals surface area (Å²) in [7, 11) is 0. The Morgan fingerprint density at radius 3 is 2.46 bits per heavy atom. The summed E-state index contributed by atoms with van der Waals surface area (Å²) in [5, 5.41) is 24.2. The summed E-state index contributed by atoms with van der Waals surface area (Å²) >= 11 is 0. The van der Waals surface area contributed by atoms with Crippen LogP contribution in [0.5, 0.6) is 0 Å². The maximum absolute atomic E-state index is 12.0. The molecule has 0 spiro atoms. The van der Waals surface area contributed by atoms with Gasteiger partial charge in [0.1, 0.15) is 5.69 Å². The van der Waals surface area contributed by atoms with E-state index >= 15 is 0 Å². The first-order chi connectivity index (χ1) is 11.4. The smallest absolute Gasteiger partial charge is 0.339 e. The highest BCUT2D eigenvalue weighted by Crippen LogP contribution is 2.23. The normalized spacial score (nSPS) is 11.4. The van der Waals surface area contributed by atoms with Crippen LogP contribution in [0.4, 0.5) is 11.4 Å². The van der Waals surface area contributed by atoms with Crippen LogP contribution in [0.2, 0.25) is 0 Å². The van der Waals surface area contributed by atoms with Gasteiger partial charge in [-0.15, -0.1) is 0 Å². The predicted molar refractivity (Wildman–Crippen MR) is 82.0 cm³/mol. The molecule has 2 rings (SSSR count). The lowest BCUT2D eigenvalue weighted by Crippen LogP contribution is -2.30. The first-order valence-corrected chi connectivity index (χ1v) is 6.82. The van der Waals surface area contributed by atoms with Crippen molar-refractivity contribution in [2.24, 2.45) is 0 Å². The molecule has 1 heterocycles. The quantitative estimate of drug-likeness (QED) is 0.290. The molecule has 9 nitrogen and oxygen atoms in total. The van der Waals surface area contributed by atoms with Gasteiger partial charge in [-0.2, -0.15) is 4.73 Å². The Kier molecular flexibility index (Phi) is 5.05. The minimum absolute atomic E-state index is 0.00232. The molecule has 0 aliphatic heterocycles. The number of pyridine rings is 1. The molecular weight excluding hydrogens is 318 g/mol. The van der Waals surface area contributed by atoms with Crippen LogP contribution in [0, 0.1) is 15.3 Å². The van der Waals surface area contributed by atoms with Crippen LogP contribution in [0.1, 0.15) is 17.3 Å². The molecule has 0 fully saturated rings. The monoisotopic (exact) mass is 331 g/mol. The summed E-state index contributed by atoms with van der Waals surface area (Å²) in [5.74, 6) is -1.51. The zero-order valence-corrected chi connectivity index (χ0v) is 12.5. The lowest BCUT2D eigenvalue weighted by molar-refractivity contribution is -0.605. The lowest BCUT2D eigenvalue weighted by atomic mass is 10.2. The maximum atomic E-state index is 12.0. The highest BCUT2D eigenvalue weighted by molar-refractivity contribution is 5.98. The number of benzene rings is 1. The molecule has 1 aromatic heterocycles. The maximum Gasteiger partial charge on any atom is 0.339 e. The highest BCUT2D eigenvalue weighted by Gasteiger charge is 2.22. The Morgan fingerprint density at radius 1 is 1.21 bits per heavy atom. The Hall–Kier alpha value is -3.49. The van der Waals surface area contributed by atoms with Crippen molar-refractivity contribution < 1.29 is 24.0 Å². The summed E-state index contributed by atoms with van der Waals surface area (Å²) in [6.07, 6.45) is 1.06. The molecule has 24 heavy (non-hydrogen) atoms. The number of carbonyl (C=O) groups is 2. The van der Waals surface area contributed by atoms with Crippen molar-refractivity contribution in [1.82, 2.24) is 0 Å². The van der Waals surface area contributed by atoms with E-state index in [1.807, 2.05) is 0 Å². The average Bonchev–Trinajstić information content (AvgIpc) is 2.55. The fourth-order valence-electron chi connectivity index (χ4n) is 1.80. The fourth-order valence-corrected chi connectivity index (χ4v) is 1.80. The summed E-state index contributed by atoms with van der Waals surface area (Å²) in [4.78, 5) is 34.2. The van der Waals surface area contributed by atoms with Gasteiger partial charge in [0.25, 0.3) is 11.6 Å². The molecule has 1 aromatic carbocycles. The molecule has 0 aliphatic carbocycles. The van der Waals surface area contributed by atoms with Gasteiger partial charge < -0.3 is 15.3 Å². The zero-order chi connectivity index (χ0) is 17.7. The number of nitro groups is 1. The number of nitro benzene ring substituents is 1. The van der Waals surface area contributed by atoms with Gasteiger partial charge in [-0.1, -0.05) is 12.1 Å². The molecule has 0 unspecified atom stereocenters. The third kappa shape index (κ3) is 4.03. The van der Waals surface area contributed by atoms with Gasteiger partial charge in [0.05, 0.1) is 10.5 Å². The Labute approximate surface area is 136 Å². The van der Waals surface area contributed by atoms with E-state index in [0.717, 1.165) is 12.4 Å². The fraction of sp³-hybridized carbons (Fsp3) is 0.133. The number of hydrogen-bond acceptors (Lipinski definition) is 6. The molecule has 0 radical (unpaired) electrons. The molecule has 124 valence electrons. The minimum atomic E-state index is -1.18. The lowest BCUT2D eigenvalue weighted by Gasteiger charge is -2.13. The van der Waals surface area contributed by atoms with Crippen molar-refractivity contribution in [3.63, 3.8) is 0 Å². The highest BCUT2D eigenvalue weighted by atomic mass is 16.6. The van der Waals surface area contributed by atoms with E-state index in [4.69, 9.17) is 4.74 Å². The number of rotatable bonds is 5. The van der Waals surface area contributed by atoms with Crippen molar-refractivity contribution >= 4 is 23.3 Å². The molecule has 0 aliphatic rings. The van der Waals surface area contributed by atoms with Crippen molar-refractivity contribution in [3.8, 4) is 0 Å². The van der Waals surface area contributed by atoms with Gasteiger partial charge in [-0.3, -0.25) is 14.9 Å². The summed E-state index contributed by atoms with van der Waals surface area (Å²) < 4.78 is 5.48. The van der Waals surface area contributed by atoms with E-state index in [9.17, 15) is 24.9 Å². The minimum Gasteiger partial charge on any atom is -0.619 e. The van der Waals surface area contributed by atoms with E-state index in [-0.39, 0.29) is 16.9 Å². The van der Waals surface area contributed by atoms with Crippen molar-refractivity contribution in [1.29, 1.82) is 0 Å². The van der Waals surface area contributed by atoms with Crippen LogP contribution in [0.25, 0.3) is 0 Å². The van der Waals surface area contributed by atoms with Crippen molar-refractivity contribution in [2.45, 2.75) is 13.0 Å². The Bertz CT molecular complexity index is 775. The Morgan fingerprint density at radius 2 is 1.83 bits per heavy atom. The zero-order valence-electron chi connectivity index (χ0n) is 12.5. The summed E-state index contributed by atoms with van der Waals surface area (Å²) in [5.41, 5.74) is -0.164. The van der Waals surface area contributed by atoms with Gasteiger partial charge in [-0.05, 0) is 13.0 Å². The topological polar surface area (TPSA) is 125 Å². The number of hydrogen-bond donors (Lipinski definition) is 1. The third-order valence-corrected chi connectivity index (χ3v) is 3.05. The second-order valence-electron chi connectivity index (χ2n) is 4.76. The van der Waals surface area contributed by atoms with Gasteiger partial charge in [0.15, 0.2) is 18.5 Å². The van der Waals surface area contributed by atoms with Crippen molar-refractivity contribution in [3.05, 3.63) is 69.7 Å². The van der Waals surface area contributed by atoms with E-state index < -0.39 is 22.9 Å². The van der Waals surface area contributed by atoms with Gasteiger partial charge in [0, 0.05) is 18.2 Å². The number of aromatic nitrogens is 1. The average molecular weight is 331 g/mol. The molecule has 0 saturated heterocycles. The number of para-hydroxylation sites is 2. The summed E-state index contributed by atoms with van der Waals surface area (Å²) in [6.45, 7) is 1.33. The van der Waals surface area contributed by atoms with Crippen LogP contribution >= 0.6 is 0 Å². The number of nitrogens with one attached hydrogen (secondary N) is 1. The SMILES string of the molecule is C[C@@H](OC(=O)c1cc[n+]([O-])cc1)C(=O)Nc1ccccc1[N+](=O)[O-]. The standard InChI is InChI=1S/C15H13N3O6/c1-10(24-15(20)11-6-8-17(21)9-7-11)14(19)16-12-4-2-3-5-13(12)18(22)23/h2-10H,1H3,(H,16,19)/t10-/m1/s1. The molecule has 0 bridgehead atoms. The number of carbonyl (C=O) groups excluding carboxylic acids is 2. The van der Waals surface area contributed by atoms with E-state index in [2.05, 4.69) is 5.32 Å². The largest absolute Gasteiger partial charge is 0.619 e. The molecule has 0 saturated carbocycles. The van der Waals surface area contributed by atoms with Gasteiger partial charge >= 0.3 is 5.97 Å².